The van der Waals surface area contributed by atoms with Gasteiger partial charge in [-0.2, -0.15) is 0 Å². The summed E-state index contributed by atoms with van der Waals surface area (Å²) < 4.78 is 0. The molecule has 2 heteroatoms. The number of rotatable bonds is 3. The maximum absolute atomic E-state index is 5.97. The molecule has 0 aromatic rings. The second kappa shape index (κ2) is 4.14. The topological polar surface area (TPSA) is 26.0 Å². The Balaban J connectivity index is 2.57. The monoisotopic (exact) mass is 199 g/mol. The molecule has 1 aliphatic rings. The fourth-order valence-electron chi connectivity index (χ4n) is 2.88. The lowest BCUT2D eigenvalue weighted by molar-refractivity contribution is 0.223. The van der Waals surface area contributed by atoms with Crippen molar-refractivity contribution in [2.75, 3.05) is 6.54 Å². The van der Waals surface area contributed by atoms with Gasteiger partial charge < -0.3 is 5.73 Å². The summed E-state index contributed by atoms with van der Waals surface area (Å²) in [4.78, 5) is 0. The Bertz CT molecular complexity index is 154. The summed E-state index contributed by atoms with van der Waals surface area (Å²) >= 11 is 0. The van der Waals surface area contributed by atoms with E-state index in [1.807, 2.05) is 0 Å². The zero-order valence-corrected chi connectivity index (χ0v) is 10.5. The minimum absolute atomic E-state index is 0.544. The van der Waals surface area contributed by atoms with Crippen molar-refractivity contribution in [1.82, 2.24) is 0 Å². The molecule has 1 fully saturated rings. The highest BCUT2D eigenvalue weighted by Crippen LogP contribution is 2.41. The van der Waals surface area contributed by atoms with E-state index in [2.05, 4.69) is 19.6 Å². The predicted octanol–water partition coefficient (Wildman–Crippen LogP) is 3.23. The molecule has 2 N–H and O–H groups in total. The average Bonchev–Trinajstić information content (AvgIpc) is 2.03. The lowest BCUT2D eigenvalue weighted by Crippen LogP contribution is -2.39. The quantitative estimate of drug-likeness (QED) is 0.694. The average molecular weight is 199 g/mol. The van der Waals surface area contributed by atoms with Gasteiger partial charge in [-0.15, -0.1) is 0 Å². The molecule has 0 aromatic carbocycles. The van der Waals surface area contributed by atoms with Crippen molar-refractivity contribution in [3.63, 3.8) is 0 Å². The van der Waals surface area contributed by atoms with Crippen molar-refractivity contribution in [2.24, 2.45) is 11.1 Å². The maximum Gasteiger partial charge on any atom is 0.0448 e. The van der Waals surface area contributed by atoms with E-state index in [9.17, 15) is 0 Å². The first-order valence-electron chi connectivity index (χ1n) is 5.68. The summed E-state index contributed by atoms with van der Waals surface area (Å²) in [7, 11) is -0.918. The molecular formula is C11H25NSi. The van der Waals surface area contributed by atoms with Gasteiger partial charge in [0.25, 0.3) is 0 Å². The van der Waals surface area contributed by atoms with E-state index < -0.39 is 8.07 Å². The van der Waals surface area contributed by atoms with E-state index in [1.165, 1.54) is 38.1 Å². The third kappa shape index (κ3) is 3.43. The van der Waals surface area contributed by atoms with Gasteiger partial charge in [-0.1, -0.05) is 44.9 Å². The Hall–Kier alpha value is 0.177. The molecule has 0 heterocycles. The summed E-state index contributed by atoms with van der Waals surface area (Å²) in [6.07, 6.45) is 7.07. The second-order valence-electron chi connectivity index (χ2n) is 6.00. The van der Waals surface area contributed by atoms with Crippen LogP contribution in [-0.2, 0) is 0 Å². The van der Waals surface area contributed by atoms with Crippen molar-refractivity contribution in [1.29, 1.82) is 0 Å². The van der Waals surface area contributed by atoms with Gasteiger partial charge >= 0.3 is 0 Å². The highest BCUT2D eigenvalue weighted by molar-refractivity contribution is 6.76. The van der Waals surface area contributed by atoms with Gasteiger partial charge in [0.2, 0.25) is 0 Å². The molecule has 78 valence electrons. The van der Waals surface area contributed by atoms with Crippen LogP contribution < -0.4 is 5.73 Å². The van der Waals surface area contributed by atoms with E-state index in [0.717, 1.165) is 6.54 Å². The summed E-state index contributed by atoms with van der Waals surface area (Å²) in [5.41, 5.74) is 6.51. The summed E-state index contributed by atoms with van der Waals surface area (Å²) in [6, 6.07) is 1.44. The van der Waals surface area contributed by atoms with Gasteiger partial charge in [0.15, 0.2) is 0 Å². The Morgan fingerprint density at radius 3 is 2.00 bits per heavy atom. The first-order valence-corrected chi connectivity index (χ1v) is 9.38. The van der Waals surface area contributed by atoms with Crippen LogP contribution >= 0.6 is 0 Å². The Morgan fingerprint density at radius 1 is 1.08 bits per heavy atom. The number of hydrogen-bond donors (Lipinski definition) is 1. The third-order valence-corrected chi connectivity index (χ3v) is 5.06. The molecule has 1 aliphatic carbocycles. The molecule has 0 atom stereocenters. The normalized spacial score (nSPS) is 23.1. The van der Waals surface area contributed by atoms with Gasteiger partial charge in [-0.25, -0.2) is 0 Å². The van der Waals surface area contributed by atoms with Crippen molar-refractivity contribution >= 4 is 8.07 Å². The van der Waals surface area contributed by atoms with Gasteiger partial charge in [-0.3, -0.25) is 0 Å². The van der Waals surface area contributed by atoms with Crippen molar-refractivity contribution < 1.29 is 0 Å². The summed E-state index contributed by atoms with van der Waals surface area (Å²) in [5, 5.41) is 0. The predicted molar refractivity (Wildman–Crippen MR) is 62.7 cm³/mol. The summed E-state index contributed by atoms with van der Waals surface area (Å²) in [6.45, 7) is 8.34. The third-order valence-electron chi connectivity index (χ3n) is 3.25. The fraction of sp³-hybridized carbons (Fsp3) is 1.00. The van der Waals surface area contributed by atoms with Crippen molar-refractivity contribution in [3.8, 4) is 0 Å². The molecule has 0 saturated heterocycles. The standard InChI is InChI=1S/C11H25NSi/c1-13(2,3)10-11(9-12)7-5-4-6-8-11/h4-10,12H2,1-3H3. The Morgan fingerprint density at radius 2 is 1.62 bits per heavy atom. The molecule has 13 heavy (non-hydrogen) atoms. The van der Waals surface area contributed by atoms with Crippen LogP contribution in [0.3, 0.4) is 0 Å². The molecular weight excluding hydrogens is 174 g/mol. The van der Waals surface area contributed by atoms with Crippen LogP contribution in [-0.4, -0.2) is 14.6 Å². The zero-order chi connectivity index (χ0) is 9.95. The molecule has 0 aliphatic heterocycles. The molecule has 0 spiro atoms. The van der Waals surface area contributed by atoms with E-state index >= 15 is 0 Å². The first kappa shape index (κ1) is 11.3. The Kier molecular flexibility index (Phi) is 3.58. The number of nitrogens with two attached hydrogens (primary N) is 1. The highest BCUT2D eigenvalue weighted by atomic mass is 28.3. The van der Waals surface area contributed by atoms with Crippen LogP contribution in [0.2, 0.25) is 25.7 Å². The minimum atomic E-state index is -0.918. The van der Waals surface area contributed by atoms with E-state index in [4.69, 9.17) is 5.73 Å². The molecule has 0 bridgehead atoms. The summed E-state index contributed by atoms with van der Waals surface area (Å²) in [5.74, 6) is 0. The molecule has 0 aromatic heterocycles. The fourth-order valence-corrected chi connectivity index (χ4v) is 5.63. The molecule has 0 radical (unpaired) electrons. The molecule has 1 saturated carbocycles. The van der Waals surface area contributed by atoms with Crippen LogP contribution in [0.15, 0.2) is 0 Å². The molecule has 1 nitrogen and oxygen atoms in total. The lowest BCUT2D eigenvalue weighted by Gasteiger charge is -2.40. The first-order chi connectivity index (χ1) is 5.97. The van der Waals surface area contributed by atoms with Gasteiger partial charge in [0, 0.05) is 8.07 Å². The van der Waals surface area contributed by atoms with E-state index in [0.29, 0.717) is 5.41 Å². The molecule has 1 rings (SSSR count). The largest absolute Gasteiger partial charge is 0.330 e. The van der Waals surface area contributed by atoms with Crippen LogP contribution in [0.4, 0.5) is 0 Å². The zero-order valence-electron chi connectivity index (χ0n) is 9.53. The highest BCUT2D eigenvalue weighted by Gasteiger charge is 2.34. The molecule has 0 unspecified atom stereocenters. The van der Waals surface area contributed by atoms with Crippen molar-refractivity contribution in [3.05, 3.63) is 0 Å². The van der Waals surface area contributed by atoms with Gasteiger partial charge in [-0.05, 0) is 24.8 Å². The second-order valence-corrected chi connectivity index (χ2v) is 11.5. The van der Waals surface area contributed by atoms with E-state index in [1.54, 1.807) is 0 Å². The van der Waals surface area contributed by atoms with Crippen LogP contribution in [0.1, 0.15) is 32.1 Å². The van der Waals surface area contributed by atoms with Gasteiger partial charge in [0.05, 0.1) is 0 Å². The lowest BCUT2D eigenvalue weighted by atomic mass is 9.75. The van der Waals surface area contributed by atoms with Crippen molar-refractivity contribution in [2.45, 2.75) is 57.8 Å². The van der Waals surface area contributed by atoms with Gasteiger partial charge in [0.1, 0.15) is 0 Å². The Labute approximate surface area is 84.1 Å². The minimum Gasteiger partial charge on any atom is -0.330 e. The number of hydrogen-bond acceptors (Lipinski definition) is 1. The smallest absolute Gasteiger partial charge is 0.0448 e. The maximum atomic E-state index is 5.97. The van der Waals surface area contributed by atoms with Crippen LogP contribution in [0.25, 0.3) is 0 Å². The molecule has 0 amide bonds. The van der Waals surface area contributed by atoms with Crippen LogP contribution in [0.5, 0.6) is 0 Å². The SMILES string of the molecule is C[Si](C)(C)CC1(CN)CCCCC1. The van der Waals surface area contributed by atoms with Crippen LogP contribution in [0, 0.1) is 5.41 Å². The van der Waals surface area contributed by atoms with E-state index in [-0.39, 0.29) is 0 Å².